The molecule has 0 aliphatic heterocycles. The molecule has 0 fully saturated rings. The van der Waals surface area contributed by atoms with Crippen LogP contribution in [0.3, 0.4) is 0 Å². The maximum Gasteiger partial charge on any atom is 0.155 e. The summed E-state index contributed by atoms with van der Waals surface area (Å²) >= 11 is 0. The number of rotatable bonds is 3. The van der Waals surface area contributed by atoms with Crippen molar-refractivity contribution in [3.05, 3.63) is 54.1 Å². The Bertz CT molecular complexity index is 445. The van der Waals surface area contributed by atoms with Crippen LogP contribution in [0, 0.1) is 0 Å². The lowest BCUT2D eigenvalue weighted by Gasteiger charge is -2.25. The highest BCUT2D eigenvalue weighted by Crippen LogP contribution is 2.24. The summed E-state index contributed by atoms with van der Waals surface area (Å²) in [4.78, 5) is 11.0. The first-order chi connectivity index (χ1) is 8.18. The van der Waals surface area contributed by atoms with Crippen LogP contribution in [0.25, 0.3) is 6.08 Å². The Balaban J connectivity index is 1.96. The zero-order valence-corrected chi connectivity index (χ0v) is 9.67. The molecule has 0 unspecified atom stereocenters. The molecule has 88 valence electrons. The van der Waals surface area contributed by atoms with E-state index < -0.39 is 5.60 Å². The van der Waals surface area contributed by atoms with E-state index in [1.54, 1.807) is 6.08 Å². The minimum Gasteiger partial charge on any atom is -0.385 e. The Morgan fingerprint density at radius 2 is 2.06 bits per heavy atom. The highest BCUT2D eigenvalue weighted by molar-refractivity contribution is 5.90. The second-order valence-corrected chi connectivity index (χ2v) is 4.42. The molecule has 1 N–H and O–H groups in total. The Morgan fingerprint density at radius 1 is 1.29 bits per heavy atom. The predicted molar refractivity (Wildman–Crippen MR) is 68.4 cm³/mol. The molecule has 1 aromatic carbocycles. The van der Waals surface area contributed by atoms with Gasteiger partial charge in [0.1, 0.15) is 0 Å². The minimum atomic E-state index is -0.848. The smallest absolute Gasteiger partial charge is 0.155 e. The molecule has 0 radical (unpaired) electrons. The number of hydrogen-bond donors (Lipinski definition) is 1. The maximum absolute atomic E-state index is 11.0. The summed E-state index contributed by atoms with van der Waals surface area (Å²) in [5.74, 6) is 0.0988. The zero-order valence-electron chi connectivity index (χ0n) is 9.67. The lowest BCUT2D eigenvalue weighted by molar-refractivity contribution is -0.116. The highest BCUT2D eigenvalue weighted by Gasteiger charge is 2.26. The molecule has 1 atom stereocenters. The Labute approximate surface area is 101 Å². The molecule has 1 aliphatic rings. The molecular formula is C15H16O2. The molecule has 2 rings (SSSR count). The molecule has 0 amide bonds. The van der Waals surface area contributed by atoms with Gasteiger partial charge in [-0.25, -0.2) is 0 Å². The van der Waals surface area contributed by atoms with Crippen LogP contribution in [0.2, 0.25) is 0 Å². The summed E-state index contributed by atoms with van der Waals surface area (Å²) in [5, 5.41) is 10.2. The summed E-state index contributed by atoms with van der Waals surface area (Å²) in [6, 6.07) is 9.96. The van der Waals surface area contributed by atoms with Crippen molar-refractivity contribution in [1.82, 2.24) is 0 Å². The van der Waals surface area contributed by atoms with E-state index in [2.05, 4.69) is 0 Å². The third kappa shape index (κ3) is 3.40. The molecule has 0 saturated carbocycles. The van der Waals surface area contributed by atoms with Crippen molar-refractivity contribution in [2.24, 2.45) is 0 Å². The Morgan fingerprint density at radius 3 is 2.71 bits per heavy atom. The lowest BCUT2D eigenvalue weighted by Crippen LogP contribution is -2.29. The van der Waals surface area contributed by atoms with Gasteiger partial charge in [-0.1, -0.05) is 42.5 Å². The molecule has 1 aromatic rings. The van der Waals surface area contributed by atoms with Gasteiger partial charge >= 0.3 is 0 Å². The van der Waals surface area contributed by atoms with Crippen molar-refractivity contribution in [3.63, 3.8) is 0 Å². The number of hydrogen-bond acceptors (Lipinski definition) is 2. The van der Waals surface area contributed by atoms with Crippen LogP contribution >= 0.6 is 0 Å². The van der Waals surface area contributed by atoms with E-state index in [-0.39, 0.29) is 5.78 Å². The fraction of sp³-hybridized carbons (Fsp3) is 0.267. The number of allylic oxidation sites excluding steroid dienone is 1. The monoisotopic (exact) mass is 228 g/mol. The van der Waals surface area contributed by atoms with Crippen LogP contribution in [0.4, 0.5) is 0 Å². The first kappa shape index (κ1) is 11.8. The van der Waals surface area contributed by atoms with Crippen molar-refractivity contribution < 1.29 is 9.90 Å². The number of carbonyl (C=O) groups is 1. The molecule has 2 heteroatoms. The van der Waals surface area contributed by atoms with Gasteiger partial charge in [-0.3, -0.25) is 4.79 Å². The summed E-state index contributed by atoms with van der Waals surface area (Å²) in [5.41, 5.74) is 0.270. The number of benzene rings is 1. The number of aliphatic hydroxyl groups is 1. The van der Waals surface area contributed by atoms with Crippen LogP contribution < -0.4 is 0 Å². The van der Waals surface area contributed by atoms with Crippen LogP contribution in [-0.2, 0) is 4.79 Å². The topological polar surface area (TPSA) is 37.3 Å². The number of ketones is 1. The van der Waals surface area contributed by atoms with Crippen molar-refractivity contribution in [2.75, 3.05) is 0 Å². The fourth-order valence-electron chi connectivity index (χ4n) is 1.89. The quantitative estimate of drug-likeness (QED) is 0.863. The van der Waals surface area contributed by atoms with Crippen molar-refractivity contribution in [2.45, 2.75) is 24.9 Å². The molecule has 1 aliphatic carbocycles. The molecule has 0 spiro atoms. The van der Waals surface area contributed by atoms with Gasteiger partial charge in [0, 0.05) is 6.42 Å². The molecule has 0 heterocycles. The molecule has 0 saturated heterocycles. The summed E-state index contributed by atoms with van der Waals surface area (Å²) in [6.45, 7) is 0. The van der Waals surface area contributed by atoms with Crippen LogP contribution in [0.15, 0.2) is 48.6 Å². The molecule has 0 aromatic heterocycles. The van der Waals surface area contributed by atoms with E-state index in [9.17, 15) is 9.90 Å². The van der Waals surface area contributed by atoms with Gasteiger partial charge in [0.05, 0.1) is 5.60 Å². The predicted octanol–water partition coefficient (Wildman–Crippen LogP) is 2.74. The third-order valence-corrected chi connectivity index (χ3v) is 2.96. The van der Waals surface area contributed by atoms with Gasteiger partial charge < -0.3 is 5.11 Å². The van der Waals surface area contributed by atoms with Crippen LogP contribution in [-0.4, -0.2) is 16.5 Å². The Hall–Kier alpha value is -1.67. The van der Waals surface area contributed by atoms with Gasteiger partial charge in [0.15, 0.2) is 5.78 Å². The summed E-state index contributed by atoms with van der Waals surface area (Å²) in [6.07, 6.45) is 8.55. The van der Waals surface area contributed by atoms with E-state index in [0.717, 1.165) is 5.56 Å². The van der Waals surface area contributed by atoms with E-state index in [1.807, 2.05) is 42.5 Å². The van der Waals surface area contributed by atoms with Gasteiger partial charge in [-0.2, -0.15) is 0 Å². The molecule has 17 heavy (non-hydrogen) atoms. The minimum absolute atomic E-state index is 0.0988. The van der Waals surface area contributed by atoms with Crippen LogP contribution in [0.5, 0.6) is 0 Å². The van der Waals surface area contributed by atoms with Crippen LogP contribution in [0.1, 0.15) is 24.8 Å². The lowest BCUT2D eigenvalue weighted by atomic mass is 9.87. The van der Waals surface area contributed by atoms with E-state index in [0.29, 0.717) is 19.3 Å². The maximum atomic E-state index is 11.0. The second-order valence-electron chi connectivity index (χ2n) is 4.42. The normalized spacial score (nSPS) is 24.4. The second kappa shape index (κ2) is 5.11. The standard InChI is InChI=1S/C15H16O2/c16-14-8-11-15(17,12-9-14)10-4-7-13-5-2-1-3-6-13/h1-8,11,17H,9-10,12H2/b7-4+/t15-/m0/s1. The summed E-state index contributed by atoms with van der Waals surface area (Å²) < 4.78 is 0. The van der Waals surface area contributed by atoms with E-state index in [1.165, 1.54) is 6.08 Å². The fourth-order valence-corrected chi connectivity index (χ4v) is 1.89. The van der Waals surface area contributed by atoms with E-state index >= 15 is 0 Å². The number of carbonyl (C=O) groups excluding carboxylic acids is 1. The van der Waals surface area contributed by atoms with Gasteiger partial charge in [0.2, 0.25) is 0 Å². The van der Waals surface area contributed by atoms with Gasteiger partial charge in [-0.05, 0) is 30.6 Å². The third-order valence-electron chi connectivity index (χ3n) is 2.96. The molecule has 2 nitrogen and oxygen atoms in total. The first-order valence-corrected chi connectivity index (χ1v) is 5.84. The van der Waals surface area contributed by atoms with Gasteiger partial charge in [-0.15, -0.1) is 0 Å². The average molecular weight is 228 g/mol. The summed E-state index contributed by atoms with van der Waals surface area (Å²) in [7, 11) is 0. The average Bonchev–Trinajstić information content (AvgIpc) is 2.35. The molecular weight excluding hydrogens is 212 g/mol. The van der Waals surface area contributed by atoms with Crippen molar-refractivity contribution in [3.8, 4) is 0 Å². The highest BCUT2D eigenvalue weighted by atomic mass is 16.3. The SMILES string of the molecule is O=C1C=C[C@@](O)(C/C=C/c2ccccc2)CC1. The largest absolute Gasteiger partial charge is 0.385 e. The zero-order chi connectivity index (χ0) is 12.1. The first-order valence-electron chi connectivity index (χ1n) is 5.84. The molecule has 0 bridgehead atoms. The van der Waals surface area contributed by atoms with Crippen molar-refractivity contribution >= 4 is 11.9 Å². The van der Waals surface area contributed by atoms with E-state index in [4.69, 9.17) is 0 Å². The Kier molecular flexibility index (Phi) is 3.55. The van der Waals surface area contributed by atoms with Gasteiger partial charge in [0.25, 0.3) is 0 Å². The van der Waals surface area contributed by atoms with Crippen molar-refractivity contribution in [1.29, 1.82) is 0 Å².